The van der Waals surface area contributed by atoms with Crippen molar-refractivity contribution in [2.75, 3.05) is 32.1 Å². The Labute approximate surface area is 133 Å². The minimum atomic E-state index is -3.31. The van der Waals surface area contributed by atoms with Gasteiger partial charge in [-0.15, -0.1) is 12.4 Å². The van der Waals surface area contributed by atoms with Gasteiger partial charge < -0.3 is 10.5 Å². The topological polar surface area (TPSA) is 72.6 Å². The van der Waals surface area contributed by atoms with Crippen molar-refractivity contribution in [3.63, 3.8) is 0 Å². The number of sulfonamides is 1. The van der Waals surface area contributed by atoms with E-state index in [0.717, 1.165) is 5.56 Å². The zero-order chi connectivity index (χ0) is 14.8. The fourth-order valence-electron chi connectivity index (χ4n) is 1.81. The van der Waals surface area contributed by atoms with Crippen molar-refractivity contribution >= 4 is 22.4 Å². The first kappa shape index (κ1) is 20.3. The SMILES string of the molecule is CCOCCS(=O)(=O)N(CCCN)Cc1ccccc1.Cl. The predicted molar refractivity (Wildman–Crippen MR) is 88.1 cm³/mol. The Morgan fingerprint density at radius 1 is 1.24 bits per heavy atom. The predicted octanol–water partition coefficient (Wildman–Crippen LogP) is 1.63. The average Bonchev–Trinajstić information content (AvgIpc) is 2.44. The Kier molecular flexibility index (Phi) is 10.6. The van der Waals surface area contributed by atoms with E-state index in [-0.39, 0.29) is 24.8 Å². The molecular weight excluding hydrogens is 312 g/mol. The van der Waals surface area contributed by atoms with Gasteiger partial charge >= 0.3 is 0 Å². The monoisotopic (exact) mass is 336 g/mol. The fraction of sp³-hybridized carbons (Fsp3) is 0.571. The molecule has 1 rings (SSSR count). The highest BCUT2D eigenvalue weighted by Gasteiger charge is 2.21. The molecule has 21 heavy (non-hydrogen) atoms. The molecule has 7 heteroatoms. The molecule has 0 fully saturated rings. The first-order valence-electron chi connectivity index (χ1n) is 6.89. The van der Waals surface area contributed by atoms with Crippen LogP contribution in [0.25, 0.3) is 0 Å². The van der Waals surface area contributed by atoms with E-state index in [1.807, 2.05) is 37.3 Å². The number of benzene rings is 1. The van der Waals surface area contributed by atoms with Gasteiger partial charge in [0.25, 0.3) is 0 Å². The van der Waals surface area contributed by atoms with Gasteiger partial charge in [-0.25, -0.2) is 8.42 Å². The van der Waals surface area contributed by atoms with Gasteiger partial charge in [-0.1, -0.05) is 30.3 Å². The lowest BCUT2D eigenvalue weighted by Gasteiger charge is -2.22. The van der Waals surface area contributed by atoms with Crippen LogP contribution in [0.2, 0.25) is 0 Å². The van der Waals surface area contributed by atoms with Gasteiger partial charge in [-0.05, 0) is 25.5 Å². The fourth-order valence-corrected chi connectivity index (χ4v) is 3.15. The van der Waals surface area contributed by atoms with Crippen LogP contribution in [-0.2, 0) is 21.3 Å². The Hall–Kier alpha value is -0.660. The van der Waals surface area contributed by atoms with Crippen LogP contribution in [0.5, 0.6) is 0 Å². The van der Waals surface area contributed by atoms with Crippen molar-refractivity contribution in [3.05, 3.63) is 35.9 Å². The maximum absolute atomic E-state index is 12.3. The van der Waals surface area contributed by atoms with Crippen LogP contribution < -0.4 is 5.73 Å². The second-order valence-electron chi connectivity index (χ2n) is 4.47. The van der Waals surface area contributed by atoms with E-state index in [2.05, 4.69) is 0 Å². The maximum atomic E-state index is 12.3. The summed E-state index contributed by atoms with van der Waals surface area (Å²) in [5.74, 6) is 0.0121. The maximum Gasteiger partial charge on any atom is 0.216 e. The highest BCUT2D eigenvalue weighted by molar-refractivity contribution is 7.89. The van der Waals surface area contributed by atoms with E-state index in [0.29, 0.717) is 32.7 Å². The summed E-state index contributed by atoms with van der Waals surface area (Å²) in [4.78, 5) is 0. The van der Waals surface area contributed by atoms with Crippen molar-refractivity contribution in [3.8, 4) is 0 Å². The van der Waals surface area contributed by atoms with Gasteiger partial charge in [0.05, 0.1) is 12.4 Å². The summed E-state index contributed by atoms with van der Waals surface area (Å²) in [5.41, 5.74) is 6.47. The van der Waals surface area contributed by atoms with E-state index in [1.54, 1.807) is 0 Å². The summed E-state index contributed by atoms with van der Waals surface area (Å²) in [6, 6.07) is 9.57. The summed E-state index contributed by atoms with van der Waals surface area (Å²) in [6.07, 6.45) is 0.653. The van der Waals surface area contributed by atoms with Crippen molar-refractivity contribution in [1.29, 1.82) is 0 Å². The van der Waals surface area contributed by atoms with Crippen LogP contribution in [0, 0.1) is 0 Å². The van der Waals surface area contributed by atoms with Gasteiger partial charge in [-0.2, -0.15) is 4.31 Å². The molecule has 0 bridgehead atoms. The molecule has 0 amide bonds. The van der Waals surface area contributed by atoms with Crippen molar-refractivity contribution < 1.29 is 13.2 Å². The lowest BCUT2D eigenvalue weighted by molar-refractivity contribution is 0.162. The van der Waals surface area contributed by atoms with Gasteiger partial charge in [0, 0.05) is 19.7 Å². The molecule has 0 aliphatic carbocycles. The third kappa shape index (κ3) is 7.78. The molecule has 0 atom stereocenters. The summed E-state index contributed by atoms with van der Waals surface area (Å²) < 4.78 is 31.3. The number of halogens is 1. The molecule has 2 N–H and O–H groups in total. The second kappa shape index (κ2) is 11.0. The number of nitrogens with zero attached hydrogens (tertiary/aromatic N) is 1. The third-order valence-electron chi connectivity index (χ3n) is 2.90. The second-order valence-corrected chi connectivity index (χ2v) is 6.56. The summed E-state index contributed by atoms with van der Waals surface area (Å²) in [7, 11) is -3.31. The summed E-state index contributed by atoms with van der Waals surface area (Å²) in [6.45, 7) is 3.91. The Balaban J connectivity index is 0.00000400. The van der Waals surface area contributed by atoms with Gasteiger partial charge in [0.1, 0.15) is 0 Å². The number of rotatable bonds is 10. The largest absolute Gasteiger partial charge is 0.381 e. The molecule has 0 heterocycles. The molecule has 1 aromatic rings. The van der Waals surface area contributed by atoms with Crippen LogP contribution >= 0.6 is 12.4 Å². The van der Waals surface area contributed by atoms with Crippen molar-refractivity contribution in [1.82, 2.24) is 4.31 Å². The van der Waals surface area contributed by atoms with Gasteiger partial charge in [-0.3, -0.25) is 0 Å². The molecule has 0 unspecified atom stereocenters. The number of ether oxygens (including phenoxy) is 1. The van der Waals surface area contributed by atoms with Gasteiger partial charge in [0.15, 0.2) is 0 Å². The summed E-state index contributed by atoms with van der Waals surface area (Å²) in [5, 5.41) is 0. The Morgan fingerprint density at radius 3 is 2.48 bits per heavy atom. The van der Waals surface area contributed by atoms with Crippen LogP contribution in [-0.4, -0.2) is 44.8 Å². The Morgan fingerprint density at radius 2 is 1.90 bits per heavy atom. The minimum absolute atomic E-state index is 0. The normalized spacial score (nSPS) is 11.4. The molecule has 0 radical (unpaired) electrons. The number of nitrogens with two attached hydrogens (primary N) is 1. The lowest BCUT2D eigenvalue weighted by Crippen LogP contribution is -2.35. The average molecular weight is 337 g/mol. The van der Waals surface area contributed by atoms with E-state index in [9.17, 15) is 8.42 Å². The van der Waals surface area contributed by atoms with Crippen LogP contribution in [0.1, 0.15) is 18.9 Å². The van der Waals surface area contributed by atoms with E-state index >= 15 is 0 Å². The number of hydrogen-bond donors (Lipinski definition) is 1. The molecule has 5 nitrogen and oxygen atoms in total. The molecular formula is C14H25ClN2O3S. The van der Waals surface area contributed by atoms with E-state index < -0.39 is 10.0 Å². The molecule has 1 aromatic carbocycles. The molecule has 0 aliphatic rings. The van der Waals surface area contributed by atoms with Gasteiger partial charge in [0.2, 0.25) is 10.0 Å². The number of hydrogen-bond acceptors (Lipinski definition) is 4. The highest BCUT2D eigenvalue weighted by Crippen LogP contribution is 2.10. The van der Waals surface area contributed by atoms with Crippen molar-refractivity contribution in [2.45, 2.75) is 19.9 Å². The third-order valence-corrected chi connectivity index (χ3v) is 4.68. The lowest BCUT2D eigenvalue weighted by atomic mass is 10.2. The van der Waals surface area contributed by atoms with E-state index in [4.69, 9.17) is 10.5 Å². The molecule has 0 aliphatic heterocycles. The van der Waals surface area contributed by atoms with Crippen LogP contribution in [0.15, 0.2) is 30.3 Å². The molecule has 0 saturated carbocycles. The first-order chi connectivity index (χ1) is 9.60. The zero-order valence-electron chi connectivity index (χ0n) is 12.4. The molecule has 122 valence electrons. The Bertz CT molecular complexity index is 468. The molecule has 0 saturated heterocycles. The van der Waals surface area contributed by atoms with Crippen LogP contribution in [0.4, 0.5) is 0 Å². The summed E-state index contributed by atoms with van der Waals surface area (Å²) >= 11 is 0. The quantitative estimate of drug-likeness (QED) is 0.659. The minimum Gasteiger partial charge on any atom is -0.381 e. The molecule has 0 aromatic heterocycles. The van der Waals surface area contributed by atoms with Crippen LogP contribution in [0.3, 0.4) is 0 Å². The smallest absolute Gasteiger partial charge is 0.216 e. The highest BCUT2D eigenvalue weighted by atomic mass is 35.5. The molecule has 0 spiro atoms. The standard InChI is InChI=1S/C14H24N2O3S.ClH/c1-2-19-11-12-20(17,18)16(10-6-9-15)13-14-7-4-3-5-8-14;/h3-5,7-8H,2,6,9-13,15H2,1H3;1H. The van der Waals surface area contributed by atoms with E-state index in [1.165, 1.54) is 4.31 Å². The first-order valence-corrected chi connectivity index (χ1v) is 8.50. The zero-order valence-corrected chi connectivity index (χ0v) is 14.0. The van der Waals surface area contributed by atoms with Crippen molar-refractivity contribution in [2.24, 2.45) is 5.73 Å².